The Kier molecular flexibility index (Phi) is 11.9. The Morgan fingerprint density at radius 1 is 0.788 bits per heavy atom. The van der Waals surface area contributed by atoms with Gasteiger partial charge in [0.05, 0.1) is 6.61 Å². The summed E-state index contributed by atoms with van der Waals surface area (Å²) in [7, 11) is 0. The van der Waals surface area contributed by atoms with Crippen LogP contribution in [0.1, 0.15) is 30.4 Å². The van der Waals surface area contributed by atoms with E-state index in [4.69, 9.17) is 19.3 Å². The van der Waals surface area contributed by atoms with Crippen molar-refractivity contribution in [3.63, 3.8) is 0 Å². The summed E-state index contributed by atoms with van der Waals surface area (Å²) in [5, 5.41) is 14.0. The number of unbranched alkanes of at least 4 members (excludes halogenated alkanes) is 1. The Morgan fingerprint density at radius 3 is 1.94 bits per heavy atom. The highest BCUT2D eigenvalue weighted by Crippen LogP contribution is 2.06. The summed E-state index contributed by atoms with van der Waals surface area (Å²) in [4.78, 5) is 36.1. The van der Waals surface area contributed by atoms with Crippen LogP contribution >= 0.6 is 0 Å². The molecule has 0 saturated carbocycles. The second kappa shape index (κ2) is 15.3. The van der Waals surface area contributed by atoms with Gasteiger partial charge in [-0.05, 0) is 30.4 Å². The average molecular weight is 459 g/mol. The van der Waals surface area contributed by atoms with Gasteiger partial charge in [0, 0.05) is 6.54 Å². The second-order valence-corrected chi connectivity index (χ2v) is 7.13. The van der Waals surface area contributed by atoms with Crippen LogP contribution < -0.4 is 10.6 Å². The number of benzene rings is 2. The molecule has 178 valence electrons. The molecule has 0 saturated heterocycles. The molecule has 0 bridgehead atoms. The van der Waals surface area contributed by atoms with Crippen molar-refractivity contribution >= 4 is 18.2 Å². The van der Waals surface area contributed by atoms with Gasteiger partial charge in [-0.15, -0.1) is 0 Å². The highest BCUT2D eigenvalue weighted by atomic mass is 16.6. The Hall–Kier alpha value is -3.59. The lowest BCUT2D eigenvalue weighted by atomic mass is 10.1. The van der Waals surface area contributed by atoms with Gasteiger partial charge in [-0.3, -0.25) is 0 Å². The maximum atomic E-state index is 12.2. The molecule has 0 aliphatic rings. The largest absolute Gasteiger partial charge is 0.462 e. The SMILES string of the molecule is O=C(NCCCCC(NC(=O)OCc1ccccc1)C(=O)OCCO)OCc1ccccc1. The van der Waals surface area contributed by atoms with Gasteiger partial charge in [0.1, 0.15) is 25.9 Å². The number of nitrogens with one attached hydrogen (secondary N) is 2. The summed E-state index contributed by atoms with van der Waals surface area (Å²) in [6, 6.07) is 17.6. The maximum absolute atomic E-state index is 12.2. The zero-order chi connectivity index (χ0) is 23.7. The molecule has 1 unspecified atom stereocenters. The number of esters is 1. The van der Waals surface area contributed by atoms with Crippen LogP contribution in [0.5, 0.6) is 0 Å². The fourth-order valence-electron chi connectivity index (χ4n) is 2.84. The number of aliphatic hydroxyl groups excluding tert-OH is 1. The van der Waals surface area contributed by atoms with E-state index < -0.39 is 24.2 Å². The fraction of sp³-hybridized carbons (Fsp3) is 0.375. The van der Waals surface area contributed by atoms with E-state index in [-0.39, 0.29) is 32.8 Å². The monoisotopic (exact) mass is 458 g/mol. The van der Waals surface area contributed by atoms with Crippen molar-refractivity contribution in [3.8, 4) is 0 Å². The highest BCUT2D eigenvalue weighted by Gasteiger charge is 2.22. The second-order valence-electron chi connectivity index (χ2n) is 7.13. The van der Waals surface area contributed by atoms with Crippen LogP contribution in [-0.4, -0.2) is 49.1 Å². The summed E-state index contributed by atoms with van der Waals surface area (Å²) >= 11 is 0. The molecule has 0 fully saturated rings. The van der Waals surface area contributed by atoms with E-state index in [9.17, 15) is 14.4 Å². The van der Waals surface area contributed by atoms with Crippen molar-refractivity contribution in [1.82, 2.24) is 10.6 Å². The van der Waals surface area contributed by atoms with Crippen molar-refractivity contribution < 1.29 is 33.7 Å². The molecule has 2 aromatic carbocycles. The van der Waals surface area contributed by atoms with Crippen molar-refractivity contribution in [3.05, 3.63) is 71.8 Å². The van der Waals surface area contributed by atoms with Crippen molar-refractivity contribution in [2.24, 2.45) is 0 Å². The smallest absolute Gasteiger partial charge is 0.408 e. The van der Waals surface area contributed by atoms with Gasteiger partial charge in [-0.1, -0.05) is 60.7 Å². The molecular formula is C24H30N2O7. The zero-order valence-electron chi connectivity index (χ0n) is 18.4. The number of amides is 2. The standard InChI is InChI=1S/C24H30N2O7/c27-15-16-31-22(28)21(26-24(30)33-18-20-11-5-2-6-12-20)13-7-8-14-25-23(29)32-17-19-9-3-1-4-10-19/h1-6,9-12,21,27H,7-8,13-18H2,(H,25,29)(H,26,30). The molecule has 0 heterocycles. The molecule has 0 aliphatic heterocycles. The van der Waals surface area contributed by atoms with Gasteiger partial charge in [0.2, 0.25) is 0 Å². The molecule has 1 atom stereocenters. The molecule has 2 aromatic rings. The lowest BCUT2D eigenvalue weighted by Crippen LogP contribution is -2.42. The Bertz CT molecular complexity index is 846. The summed E-state index contributed by atoms with van der Waals surface area (Å²) < 4.78 is 15.2. The topological polar surface area (TPSA) is 123 Å². The van der Waals surface area contributed by atoms with Gasteiger partial charge in [0.15, 0.2) is 0 Å². The molecule has 9 heteroatoms. The summed E-state index contributed by atoms with van der Waals surface area (Å²) in [5.41, 5.74) is 1.71. The number of carbonyl (C=O) groups excluding carboxylic acids is 3. The Balaban J connectivity index is 1.69. The van der Waals surface area contributed by atoms with E-state index in [1.165, 1.54) is 0 Å². The van der Waals surface area contributed by atoms with Crippen molar-refractivity contribution in [1.29, 1.82) is 0 Å². The number of carbonyl (C=O) groups is 3. The minimum atomic E-state index is -0.926. The minimum Gasteiger partial charge on any atom is -0.462 e. The van der Waals surface area contributed by atoms with E-state index in [0.29, 0.717) is 19.4 Å². The van der Waals surface area contributed by atoms with Crippen LogP contribution in [0.4, 0.5) is 9.59 Å². The van der Waals surface area contributed by atoms with Gasteiger partial charge in [-0.25, -0.2) is 14.4 Å². The van der Waals surface area contributed by atoms with Gasteiger partial charge in [0.25, 0.3) is 0 Å². The van der Waals surface area contributed by atoms with Gasteiger partial charge < -0.3 is 30.0 Å². The first-order chi connectivity index (χ1) is 16.1. The number of alkyl carbamates (subject to hydrolysis) is 2. The number of hydrogen-bond donors (Lipinski definition) is 3. The molecule has 2 rings (SSSR count). The highest BCUT2D eigenvalue weighted by molar-refractivity contribution is 5.81. The first-order valence-corrected chi connectivity index (χ1v) is 10.8. The zero-order valence-corrected chi connectivity index (χ0v) is 18.4. The average Bonchev–Trinajstić information content (AvgIpc) is 2.85. The number of hydrogen-bond acceptors (Lipinski definition) is 7. The summed E-state index contributed by atoms with van der Waals surface area (Å²) in [5.74, 6) is -0.657. The first kappa shape index (κ1) is 25.7. The summed E-state index contributed by atoms with van der Waals surface area (Å²) in [6.07, 6.45) is 0.0977. The van der Waals surface area contributed by atoms with Gasteiger partial charge in [-0.2, -0.15) is 0 Å². The lowest BCUT2D eigenvalue weighted by molar-refractivity contribution is -0.147. The van der Waals surface area contributed by atoms with E-state index in [1.807, 2.05) is 60.7 Å². The van der Waals surface area contributed by atoms with E-state index in [0.717, 1.165) is 11.1 Å². The molecule has 33 heavy (non-hydrogen) atoms. The predicted octanol–water partition coefficient (Wildman–Crippen LogP) is 2.91. The van der Waals surface area contributed by atoms with Crippen molar-refractivity contribution in [2.75, 3.05) is 19.8 Å². The third kappa shape index (κ3) is 11.0. The molecule has 0 spiro atoms. The molecule has 2 amide bonds. The number of aliphatic hydroxyl groups is 1. The Morgan fingerprint density at radius 2 is 1.36 bits per heavy atom. The molecule has 3 N–H and O–H groups in total. The number of rotatable bonds is 13. The molecule has 0 aromatic heterocycles. The van der Waals surface area contributed by atoms with E-state index in [2.05, 4.69) is 10.6 Å². The minimum absolute atomic E-state index is 0.0695. The molecular weight excluding hydrogens is 428 g/mol. The molecule has 0 radical (unpaired) electrons. The lowest BCUT2D eigenvalue weighted by Gasteiger charge is -2.17. The molecule has 9 nitrogen and oxygen atoms in total. The van der Waals surface area contributed by atoms with E-state index >= 15 is 0 Å². The van der Waals surface area contributed by atoms with Gasteiger partial charge >= 0.3 is 18.2 Å². The maximum Gasteiger partial charge on any atom is 0.408 e. The van der Waals surface area contributed by atoms with Crippen molar-refractivity contribution in [2.45, 2.75) is 38.5 Å². The van der Waals surface area contributed by atoms with E-state index in [1.54, 1.807) is 0 Å². The fourth-order valence-corrected chi connectivity index (χ4v) is 2.84. The normalized spacial score (nSPS) is 11.2. The third-order valence-electron chi connectivity index (χ3n) is 4.53. The Labute approximate surface area is 193 Å². The predicted molar refractivity (Wildman–Crippen MR) is 120 cm³/mol. The van der Waals surface area contributed by atoms with Crippen LogP contribution in [0.3, 0.4) is 0 Å². The number of ether oxygens (including phenoxy) is 3. The first-order valence-electron chi connectivity index (χ1n) is 10.8. The summed E-state index contributed by atoms with van der Waals surface area (Å²) in [6.45, 7) is 0.127. The third-order valence-corrected chi connectivity index (χ3v) is 4.53. The molecule has 0 aliphatic carbocycles. The van der Waals surface area contributed by atoms with Crippen LogP contribution in [0.25, 0.3) is 0 Å². The van der Waals surface area contributed by atoms with Crippen LogP contribution in [0, 0.1) is 0 Å². The van der Waals surface area contributed by atoms with Crippen LogP contribution in [0.15, 0.2) is 60.7 Å². The quantitative estimate of drug-likeness (QED) is 0.240. The van der Waals surface area contributed by atoms with Crippen LogP contribution in [0.2, 0.25) is 0 Å². The van der Waals surface area contributed by atoms with Crippen LogP contribution in [-0.2, 0) is 32.2 Å².